The number of hydrogen-bond acceptors (Lipinski definition) is 5. The van der Waals surface area contributed by atoms with Crippen LogP contribution in [0.25, 0.3) is 11.4 Å². The molecule has 0 spiro atoms. The smallest absolute Gasteiger partial charge is 0.241 e. The molecule has 2 aromatic rings. The monoisotopic (exact) mass is 264 g/mol. The highest BCUT2D eigenvalue weighted by Gasteiger charge is 2.24. The molecule has 1 aromatic carbocycles. The number of halogens is 1. The van der Waals surface area contributed by atoms with Crippen LogP contribution < -0.4 is 5.73 Å². The van der Waals surface area contributed by atoms with Gasteiger partial charge >= 0.3 is 0 Å². The van der Waals surface area contributed by atoms with Crippen molar-refractivity contribution in [3.8, 4) is 11.4 Å². The number of nitrogens with two attached hydrogens (primary N) is 1. The molecule has 0 saturated carbocycles. The predicted octanol–water partition coefficient (Wildman–Crippen LogP) is 1.53. The summed E-state index contributed by atoms with van der Waals surface area (Å²) in [4.78, 5) is 6.52. The van der Waals surface area contributed by atoms with Crippen molar-refractivity contribution in [3.05, 3.63) is 35.2 Å². The summed E-state index contributed by atoms with van der Waals surface area (Å²) >= 11 is 5.93. The zero-order chi connectivity index (χ0) is 12.5. The Morgan fingerprint density at radius 1 is 1.44 bits per heavy atom. The molecule has 3 rings (SSSR count). The number of benzene rings is 1. The topological polar surface area (TPSA) is 68.2 Å². The Hall–Kier alpha value is -1.43. The van der Waals surface area contributed by atoms with Crippen LogP contribution in [-0.2, 0) is 6.54 Å². The van der Waals surface area contributed by atoms with Gasteiger partial charge in [-0.2, -0.15) is 4.98 Å². The molecule has 5 nitrogen and oxygen atoms in total. The van der Waals surface area contributed by atoms with Gasteiger partial charge in [-0.25, -0.2) is 0 Å². The lowest BCUT2D eigenvalue weighted by atomic mass is 10.1. The fourth-order valence-electron chi connectivity index (χ4n) is 1.99. The highest BCUT2D eigenvalue weighted by Crippen LogP contribution is 2.20. The fourth-order valence-corrected chi connectivity index (χ4v) is 2.18. The van der Waals surface area contributed by atoms with Gasteiger partial charge in [0.15, 0.2) is 0 Å². The van der Waals surface area contributed by atoms with Crippen molar-refractivity contribution in [1.82, 2.24) is 15.0 Å². The Morgan fingerprint density at radius 3 is 3.00 bits per heavy atom. The molecule has 0 unspecified atom stereocenters. The van der Waals surface area contributed by atoms with Gasteiger partial charge in [0.05, 0.1) is 6.54 Å². The van der Waals surface area contributed by atoms with Crippen LogP contribution in [-0.4, -0.2) is 34.2 Å². The first-order chi connectivity index (χ1) is 8.70. The third-order valence-electron chi connectivity index (χ3n) is 2.90. The van der Waals surface area contributed by atoms with E-state index in [2.05, 4.69) is 15.0 Å². The van der Waals surface area contributed by atoms with Gasteiger partial charge in [-0.05, 0) is 12.1 Å². The summed E-state index contributed by atoms with van der Waals surface area (Å²) in [5.41, 5.74) is 6.57. The van der Waals surface area contributed by atoms with E-state index in [0.717, 1.165) is 18.7 Å². The molecule has 1 aliphatic heterocycles. The van der Waals surface area contributed by atoms with E-state index >= 15 is 0 Å². The summed E-state index contributed by atoms with van der Waals surface area (Å²) in [5.74, 6) is 1.18. The molecule has 1 aliphatic rings. The normalized spacial score (nSPS) is 16.8. The first-order valence-corrected chi connectivity index (χ1v) is 6.15. The largest absolute Gasteiger partial charge is 0.338 e. The highest BCUT2D eigenvalue weighted by molar-refractivity contribution is 6.30. The molecule has 1 saturated heterocycles. The SMILES string of the molecule is NC1CN(Cc2nc(-c3cccc(Cl)c3)no2)C1. The maximum absolute atomic E-state index is 5.93. The van der Waals surface area contributed by atoms with Crippen LogP contribution in [0.4, 0.5) is 0 Å². The molecular weight excluding hydrogens is 252 g/mol. The zero-order valence-electron chi connectivity index (χ0n) is 9.71. The predicted molar refractivity (Wildman–Crippen MR) is 68.0 cm³/mol. The Kier molecular flexibility index (Phi) is 3.03. The lowest BCUT2D eigenvalue weighted by molar-refractivity contribution is 0.125. The van der Waals surface area contributed by atoms with Gasteiger partial charge in [-0.1, -0.05) is 28.9 Å². The van der Waals surface area contributed by atoms with Crippen LogP contribution in [0.3, 0.4) is 0 Å². The van der Waals surface area contributed by atoms with Gasteiger partial charge in [0.2, 0.25) is 11.7 Å². The molecular formula is C12H13ClN4O. The van der Waals surface area contributed by atoms with Crippen LogP contribution >= 0.6 is 11.6 Å². The van der Waals surface area contributed by atoms with E-state index in [0.29, 0.717) is 23.3 Å². The van der Waals surface area contributed by atoms with Crippen LogP contribution in [0.1, 0.15) is 5.89 Å². The molecule has 0 radical (unpaired) electrons. The van der Waals surface area contributed by atoms with Gasteiger partial charge in [0.25, 0.3) is 0 Å². The van der Waals surface area contributed by atoms with Crippen LogP contribution in [0.5, 0.6) is 0 Å². The first-order valence-electron chi connectivity index (χ1n) is 5.77. The van der Waals surface area contributed by atoms with Crippen molar-refractivity contribution >= 4 is 11.6 Å². The van der Waals surface area contributed by atoms with Crippen LogP contribution in [0.2, 0.25) is 5.02 Å². The molecule has 2 heterocycles. The quantitative estimate of drug-likeness (QED) is 0.911. The summed E-state index contributed by atoms with van der Waals surface area (Å²) in [5, 5.41) is 4.62. The lowest BCUT2D eigenvalue weighted by Gasteiger charge is -2.35. The van der Waals surface area contributed by atoms with E-state index in [1.165, 1.54) is 0 Å². The molecule has 1 fully saturated rings. The molecule has 0 atom stereocenters. The number of aromatic nitrogens is 2. The van der Waals surface area contributed by atoms with E-state index in [1.54, 1.807) is 0 Å². The van der Waals surface area contributed by atoms with Crippen molar-refractivity contribution in [3.63, 3.8) is 0 Å². The van der Waals surface area contributed by atoms with Gasteiger partial charge in [0, 0.05) is 29.7 Å². The minimum atomic E-state index is 0.278. The number of likely N-dealkylation sites (tertiary alicyclic amines) is 1. The standard InChI is InChI=1S/C12H13ClN4O/c13-9-3-1-2-8(4-9)12-15-11(18-16-12)7-17-5-10(14)6-17/h1-4,10H,5-7,14H2. The molecule has 1 aromatic heterocycles. The molecule has 0 bridgehead atoms. The van der Waals surface area contributed by atoms with E-state index < -0.39 is 0 Å². The molecule has 94 valence electrons. The maximum Gasteiger partial charge on any atom is 0.241 e. The number of hydrogen-bond donors (Lipinski definition) is 1. The van der Waals surface area contributed by atoms with Crippen molar-refractivity contribution in [2.45, 2.75) is 12.6 Å². The average molecular weight is 265 g/mol. The Morgan fingerprint density at radius 2 is 2.28 bits per heavy atom. The summed E-state index contributed by atoms with van der Waals surface area (Å²) in [6.07, 6.45) is 0. The van der Waals surface area contributed by atoms with E-state index in [-0.39, 0.29) is 6.04 Å². The fraction of sp³-hybridized carbons (Fsp3) is 0.333. The third-order valence-corrected chi connectivity index (χ3v) is 3.13. The minimum Gasteiger partial charge on any atom is -0.338 e. The van der Waals surface area contributed by atoms with Gasteiger partial charge in [-0.15, -0.1) is 0 Å². The van der Waals surface area contributed by atoms with E-state index in [1.807, 2.05) is 24.3 Å². The Balaban J connectivity index is 1.73. The van der Waals surface area contributed by atoms with Crippen molar-refractivity contribution in [2.24, 2.45) is 5.73 Å². The number of nitrogens with zero attached hydrogens (tertiary/aromatic N) is 3. The molecule has 0 aliphatic carbocycles. The second-order valence-corrected chi connectivity index (χ2v) is 4.91. The van der Waals surface area contributed by atoms with Crippen LogP contribution in [0, 0.1) is 0 Å². The van der Waals surface area contributed by atoms with Crippen molar-refractivity contribution < 1.29 is 4.52 Å². The maximum atomic E-state index is 5.93. The van der Waals surface area contributed by atoms with Gasteiger partial charge < -0.3 is 10.3 Å². The summed E-state index contributed by atoms with van der Waals surface area (Å²) < 4.78 is 5.21. The summed E-state index contributed by atoms with van der Waals surface area (Å²) in [6, 6.07) is 7.67. The van der Waals surface area contributed by atoms with Gasteiger partial charge in [-0.3, -0.25) is 4.90 Å². The van der Waals surface area contributed by atoms with Gasteiger partial charge in [0.1, 0.15) is 0 Å². The Bertz CT molecular complexity index is 551. The lowest BCUT2D eigenvalue weighted by Crippen LogP contribution is -2.54. The van der Waals surface area contributed by atoms with Crippen molar-refractivity contribution in [1.29, 1.82) is 0 Å². The third kappa shape index (κ3) is 2.38. The van der Waals surface area contributed by atoms with E-state index in [4.69, 9.17) is 21.9 Å². The molecule has 6 heteroatoms. The van der Waals surface area contributed by atoms with Crippen LogP contribution in [0.15, 0.2) is 28.8 Å². The highest BCUT2D eigenvalue weighted by atomic mass is 35.5. The second kappa shape index (κ2) is 4.68. The second-order valence-electron chi connectivity index (χ2n) is 4.48. The molecule has 2 N–H and O–H groups in total. The first kappa shape index (κ1) is 11.6. The number of rotatable bonds is 3. The molecule has 0 amide bonds. The summed E-state index contributed by atoms with van der Waals surface area (Å²) in [7, 11) is 0. The minimum absolute atomic E-state index is 0.278. The van der Waals surface area contributed by atoms with E-state index in [9.17, 15) is 0 Å². The van der Waals surface area contributed by atoms with Crippen molar-refractivity contribution in [2.75, 3.05) is 13.1 Å². The summed E-state index contributed by atoms with van der Waals surface area (Å²) in [6.45, 7) is 2.42. The zero-order valence-corrected chi connectivity index (χ0v) is 10.5. The average Bonchev–Trinajstić information content (AvgIpc) is 2.76. The Labute approximate surface area is 110 Å². The molecule has 18 heavy (non-hydrogen) atoms.